The minimum Gasteiger partial charge on any atom is -0.354 e. The molecule has 4 nitrogen and oxygen atoms in total. The lowest BCUT2D eigenvalue weighted by atomic mass is 10.1. The lowest BCUT2D eigenvalue weighted by molar-refractivity contribution is 0.247. The van der Waals surface area contributed by atoms with Gasteiger partial charge in [0.1, 0.15) is 5.82 Å². The van der Waals surface area contributed by atoms with Crippen molar-refractivity contribution >= 4 is 5.82 Å². The molecule has 2 fully saturated rings. The largest absolute Gasteiger partial charge is 0.354 e. The first-order valence-electron chi connectivity index (χ1n) is 8.43. The molecule has 2 heterocycles. The van der Waals surface area contributed by atoms with E-state index in [2.05, 4.69) is 46.1 Å². The maximum Gasteiger partial charge on any atom is 0.128 e. The van der Waals surface area contributed by atoms with E-state index in [9.17, 15) is 0 Å². The van der Waals surface area contributed by atoms with Gasteiger partial charge in [0.25, 0.3) is 0 Å². The van der Waals surface area contributed by atoms with Crippen molar-refractivity contribution in [1.82, 2.24) is 15.2 Å². The minimum atomic E-state index is 0.381. The molecule has 0 amide bonds. The standard InChI is InChI=1S/C17H28N4/c1-3-18-14(2)16-6-7-17(19-12-16)21-10-8-20(9-11-21)13-15-4-5-15/h6-7,12,14-15,18H,3-5,8-11,13H2,1-2H3. The van der Waals surface area contributed by atoms with Crippen LogP contribution in [-0.4, -0.2) is 49.2 Å². The summed E-state index contributed by atoms with van der Waals surface area (Å²) in [6.07, 6.45) is 4.93. The summed E-state index contributed by atoms with van der Waals surface area (Å²) < 4.78 is 0. The van der Waals surface area contributed by atoms with Gasteiger partial charge in [-0.05, 0) is 43.9 Å². The normalized spacial score (nSPS) is 21.5. The van der Waals surface area contributed by atoms with Gasteiger partial charge < -0.3 is 10.2 Å². The molecule has 1 aromatic heterocycles. The highest BCUT2D eigenvalue weighted by molar-refractivity contribution is 5.40. The highest BCUT2D eigenvalue weighted by atomic mass is 15.3. The zero-order chi connectivity index (χ0) is 14.7. The maximum absolute atomic E-state index is 4.67. The van der Waals surface area contributed by atoms with E-state index in [0.29, 0.717) is 6.04 Å². The molecule has 1 N–H and O–H groups in total. The molecule has 4 heteroatoms. The van der Waals surface area contributed by atoms with Crippen LogP contribution in [0.3, 0.4) is 0 Å². The van der Waals surface area contributed by atoms with Gasteiger partial charge in [-0.15, -0.1) is 0 Å². The molecule has 21 heavy (non-hydrogen) atoms. The van der Waals surface area contributed by atoms with Crippen molar-refractivity contribution in [2.75, 3.05) is 44.2 Å². The molecule has 1 atom stereocenters. The van der Waals surface area contributed by atoms with Crippen LogP contribution < -0.4 is 10.2 Å². The first kappa shape index (κ1) is 14.8. The van der Waals surface area contributed by atoms with Crippen molar-refractivity contribution in [3.8, 4) is 0 Å². The Bertz CT molecular complexity index is 433. The number of anilines is 1. The van der Waals surface area contributed by atoms with Crippen molar-refractivity contribution in [3.63, 3.8) is 0 Å². The van der Waals surface area contributed by atoms with E-state index in [4.69, 9.17) is 0 Å². The van der Waals surface area contributed by atoms with E-state index >= 15 is 0 Å². The van der Waals surface area contributed by atoms with Gasteiger partial charge in [0.15, 0.2) is 0 Å². The Morgan fingerprint density at radius 1 is 1.24 bits per heavy atom. The fraction of sp³-hybridized carbons (Fsp3) is 0.706. The number of pyridine rings is 1. The summed E-state index contributed by atoms with van der Waals surface area (Å²) in [5, 5.41) is 3.43. The van der Waals surface area contributed by atoms with Gasteiger partial charge >= 0.3 is 0 Å². The summed E-state index contributed by atoms with van der Waals surface area (Å²) >= 11 is 0. The van der Waals surface area contributed by atoms with E-state index in [-0.39, 0.29) is 0 Å². The second-order valence-corrected chi connectivity index (χ2v) is 6.46. The third kappa shape index (κ3) is 3.95. The van der Waals surface area contributed by atoms with Gasteiger partial charge in [-0.1, -0.05) is 13.0 Å². The van der Waals surface area contributed by atoms with E-state index < -0.39 is 0 Å². The predicted octanol–water partition coefficient (Wildman–Crippen LogP) is 2.28. The van der Waals surface area contributed by atoms with Crippen LogP contribution in [0.15, 0.2) is 18.3 Å². The summed E-state index contributed by atoms with van der Waals surface area (Å²) in [4.78, 5) is 9.71. The van der Waals surface area contributed by atoms with Gasteiger partial charge in [0.2, 0.25) is 0 Å². The van der Waals surface area contributed by atoms with E-state index in [1.165, 1.54) is 38.0 Å². The number of nitrogens with one attached hydrogen (secondary N) is 1. The fourth-order valence-corrected chi connectivity index (χ4v) is 3.09. The Kier molecular flexibility index (Phi) is 4.76. The van der Waals surface area contributed by atoms with Gasteiger partial charge in [0.05, 0.1) is 0 Å². The van der Waals surface area contributed by atoms with Gasteiger partial charge in [-0.25, -0.2) is 4.98 Å². The van der Waals surface area contributed by atoms with Crippen LogP contribution >= 0.6 is 0 Å². The Morgan fingerprint density at radius 2 is 2.00 bits per heavy atom. The third-order valence-electron chi connectivity index (χ3n) is 4.69. The molecule has 0 radical (unpaired) electrons. The van der Waals surface area contributed by atoms with Gasteiger partial charge in [0, 0.05) is 45.0 Å². The zero-order valence-corrected chi connectivity index (χ0v) is 13.4. The molecule has 1 aromatic rings. The number of rotatable bonds is 6. The highest BCUT2D eigenvalue weighted by Gasteiger charge is 2.26. The van der Waals surface area contributed by atoms with Crippen LogP contribution in [0.2, 0.25) is 0 Å². The topological polar surface area (TPSA) is 31.4 Å². The van der Waals surface area contributed by atoms with Crippen LogP contribution in [0, 0.1) is 5.92 Å². The monoisotopic (exact) mass is 288 g/mol. The first-order valence-corrected chi connectivity index (χ1v) is 8.43. The van der Waals surface area contributed by atoms with Crippen molar-refractivity contribution in [1.29, 1.82) is 0 Å². The van der Waals surface area contributed by atoms with Crippen molar-refractivity contribution in [3.05, 3.63) is 23.9 Å². The molecule has 1 saturated carbocycles. The molecule has 0 bridgehead atoms. The van der Waals surface area contributed by atoms with Crippen LogP contribution in [0.1, 0.15) is 38.3 Å². The van der Waals surface area contributed by atoms with Crippen LogP contribution in [0.4, 0.5) is 5.82 Å². The summed E-state index contributed by atoms with van der Waals surface area (Å²) in [5.74, 6) is 2.13. The highest BCUT2D eigenvalue weighted by Crippen LogP contribution is 2.30. The average Bonchev–Trinajstić information content (AvgIpc) is 3.32. The molecule has 116 valence electrons. The van der Waals surface area contributed by atoms with E-state index in [1.807, 2.05) is 6.20 Å². The number of nitrogens with zero attached hydrogens (tertiary/aromatic N) is 3. The molecular formula is C17H28N4. The summed E-state index contributed by atoms with van der Waals surface area (Å²) in [6, 6.07) is 4.78. The summed E-state index contributed by atoms with van der Waals surface area (Å²) in [7, 11) is 0. The average molecular weight is 288 g/mol. The lowest BCUT2D eigenvalue weighted by Gasteiger charge is -2.35. The molecule has 2 aliphatic rings. The smallest absolute Gasteiger partial charge is 0.128 e. The molecule has 3 rings (SSSR count). The Hall–Kier alpha value is -1.13. The zero-order valence-electron chi connectivity index (χ0n) is 13.4. The predicted molar refractivity (Wildman–Crippen MR) is 87.7 cm³/mol. The molecule has 0 spiro atoms. The molecule has 0 aromatic carbocycles. The molecular weight excluding hydrogens is 260 g/mol. The summed E-state index contributed by atoms with van der Waals surface area (Å²) in [6.45, 7) is 11.2. The van der Waals surface area contributed by atoms with Crippen molar-refractivity contribution in [2.24, 2.45) is 5.92 Å². The number of piperazine rings is 1. The third-order valence-corrected chi connectivity index (χ3v) is 4.69. The number of hydrogen-bond donors (Lipinski definition) is 1. The lowest BCUT2D eigenvalue weighted by Crippen LogP contribution is -2.47. The second kappa shape index (κ2) is 6.75. The van der Waals surface area contributed by atoms with Crippen molar-refractivity contribution in [2.45, 2.75) is 32.7 Å². The van der Waals surface area contributed by atoms with Gasteiger partial charge in [-0.2, -0.15) is 0 Å². The van der Waals surface area contributed by atoms with E-state index in [0.717, 1.165) is 31.4 Å². The number of hydrogen-bond acceptors (Lipinski definition) is 4. The number of aromatic nitrogens is 1. The Labute approximate surface area is 128 Å². The molecule has 1 aliphatic heterocycles. The van der Waals surface area contributed by atoms with Crippen LogP contribution in [-0.2, 0) is 0 Å². The summed E-state index contributed by atoms with van der Waals surface area (Å²) in [5.41, 5.74) is 1.27. The van der Waals surface area contributed by atoms with E-state index in [1.54, 1.807) is 0 Å². The first-order chi connectivity index (χ1) is 10.3. The molecule has 1 saturated heterocycles. The molecule has 1 unspecified atom stereocenters. The SMILES string of the molecule is CCNC(C)c1ccc(N2CCN(CC3CC3)CC2)nc1. The maximum atomic E-state index is 4.67. The Morgan fingerprint density at radius 3 is 2.57 bits per heavy atom. The van der Waals surface area contributed by atoms with Crippen LogP contribution in [0.25, 0.3) is 0 Å². The fourth-order valence-electron chi connectivity index (χ4n) is 3.09. The Balaban J connectivity index is 1.52. The quantitative estimate of drug-likeness (QED) is 0.870. The van der Waals surface area contributed by atoms with Crippen molar-refractivity contribution < 1.29 is 0 Å². The van der Waals surface area contributed by atoms with Crippen LogP contribution in [0.5, 0.6) is 0 Å². The second-order valence-electron chi connectivity index (χ2n) is 6.46. The molecule has 1 aliphatic carbocycles. The van der Waals surface area contributed by atoms with Gasteiger partial charge in [-0.3, -0.25) is 4.90 Å². The minimum absolute atomic E-state index is 0.381.